The van der Waals surface area contributed by atoms with E-state index in [4.69, 9.17) is 14.2 Å². The number of aryl methyl sites for hydroxylation is 4. The number of piperidine rings is 3. The zero-order valence-electron chi connectivity index (χ0n) is 67.8. The minimum atomic E-state index is 0.126. The summed E-state index contributed by atoms with van der Waals surface area (Å²) in [5.41, 5.74) is 14.0. The number of carbonyl (C=O) groups excluding carboxylic acids is 4. The van der Waals surface area contributed by atoms with Gasteiger partial charge in [-0.3, -0.25) is 29.0 Å². The highest BCUT2D eigenvalue weighted by atomic mass is 79.9. The van der Waals surface area contributed by atoms with Gasteiger partial charge in [-0.15, -0.1) is 0 Å². The fourth-order valence-corrected chi connectivity index (χ4v) is 19.2. The zero-order chi connectivity index (χ0) is 77.3. The number of likely N-dealkylation sites (tertiary alicyclic amines) is 2. The molecule has 0 amide bonds. The first-order valence-electron chi connectivity index (χ1n) is 42.7. The van der Waals surface area contributed by atoms with Gasteiger partial charge in [0.2, 0.25) is 0 Å². The average Bonchev–Trinajstić information content (AvgIpc) is 1.69. The molecule has 2 aliphatic carbocycles. The lowest BCUT2D eigenvalue weighted by Crippen LogP contribution is -2.46. The second-order valence-corrected chi connectivity index (χ2v) is 34.1. The first-order valence-corrected chi connectivity index (χ1v) is 43.5. The summed E-state index contributed by atoms with van der Waals surface area (Å²) in [4.78, 5) is 58.4. The summed E-state index contributed by atoms with van der Waals surface area (Å²) in [5.74, 6) is 3.36. The highest BCUT2D eigenvalue weighted by Crippen LogP contribution is 2.42. The molecule has 9 aromatic rings. The van der Waals surface area contributed by atoms with E-state index in [-0.39, 0.29) is 23.1 Å². The second kappa shape index (κ2) is 39.7. The van der Waals surface area contributed by atoms with Crippen molar-refractivity contribution in [1.82, 2.24) is 37.9 Å². The maximum absolute atomic E-state index is 12.0. The van der Waals surface area contributed by atoms with Gasteiger partial charge in [0, 0.05) is 186 Å². The molecule has 9 heterocycles. The number of hydrogen-bond donors (Lipinski definition) is 0. The van der Waals surface area contributed by atoms with Gasteiger partial charge < -0.3 is 42.3 Å². The van der Waals surface area contributed by atoms with E-state index in [1.165, 1.54) is 125 Å². The van der Waals surface area contributed by atoms with Crippen LogP contribution in [-0.2, 0) is 42.1 Å². The van der Waals surface area contributed by atoms with Gasteiger partial charge in [-0.25, -0.2) is 0 Å². The van der Waals surface area contributed by atoms with Crippen LogP contribution in [0.2, 0.25) is 0 Å². The molecule has 7 aliphatic rings. The van der Waals surface area contributed by atoms with E-state index in [2.05, 4.69) is 147 Å². The number of unbranched alkanes of at least 4 members (excludes halogenated alkanes) is 3. The maximum Gasteiger partial charge on any atom is 0.161 e. The summed E-state index contributed by atoms with van der Waals surface area (Å²) in [5, 5.41) is 4.29. The monoisotopic (exact) mass is 1570 g/mol. The number of halogens is 1. The molecular weight excluding hydrogens is 1440 g/mol. The lowest BCUT2D eigenvalue weighted by Gasteiger charge is -2.39. The zero-order valence-corrected chi connectivity index (χ0v) is 69.4. The normalized spacial score (nSPS) is 19.1. The molecule has 2 unspecified atom stereocenters. The van der Waals surface area contributed by atoms with Gasteiger partial charge in [-0.05, 0) is 246 Å². The highest BCUT2D eigenvalue weighted by Gasteiger charge is 2.41. The van der Waals surface area contributed by atoms with Crippen LogP contribution in [0.3, 0.4) is 0 Å². The largest absolute Gasteiger partial charge is 0.497 e. The van der Waals surface area contributed by atoms with E-state index in [9.17, 15) is 19.2 Å². The molecule has 5 aromatic carbocycles. The number of Topliss-reactive ketones (excluding diaryl/α,β-unsaturated/α-hetero) is 4. The van der Waals surface area contributed by atoms with Crippen molar-refractivity contribution in [2.75, 3.05) is 85.8 Å². The number of fused-ring (bicyclic) bond motifs is 8. The Hall–Kier alpha value is -7.28. The fraction of sp³-hybridized carbons (Fsp3) is 0.537. The first-order chi connectivity index (χ1) is 54.1. The Balaban J connectivity index is 0.000000130. The van der Waals surface area contributed by atoms with Crippen LogP contribution in [0.15, 0.2) is 144 Å². The Kier molecular flexibility index (Phi) is 29.2. The van der Waals surface area contributed by atoms with Gasteiger partial charge in [-0.1, -0.05) is 123 Å². The summed E-state index contributed by atoms with van der Waals surface area (Å²) in [6.07, 6.45) is 36.9. The number of para-hydroxylation sites is 3. The third kappa shape index (κ3) is 21.2. The molecule has 16 rings (SSSR count). The molecule has 0 N–H and O–H groups in total. The van der Waals surface area contributed by atoms with Crippen molar-refractivity contribution in [1.29, 1.82) is 0 Å². The SMILES string of the molecule is CC(=O)c1cn(CCCN2C3CCC2CC(OCC2CC2)C3)c2ccccc12.CCCCCCC1CCN(CCCn2cc(C(C)=O)c3ccccc32)CC1.CCCOC1CCN(CCCn2cc(C(C)=O)c3cc(Br)ccc32)CC1.COc1ccc2c(c1)C1=C(C2)CN(CCCn2cc(C(C)=O)c3ccccc32)CC1. The molecule has 15 nitrogen and oxygen atoms in total. The predicted molar refractivity (Wildman–Crippen MR) is 457 cm³/mol. The Bertz CT molecular complexity index is 4620. The van der Waals surface area contributed by atoms with Crippen LogP contribution in [0.4, 0.5) is 0 Å². The molecule has 4 saturated heterocycles. The van der Waals surface area contributed by atoms with Crippen molar-refractivity contribution in [3.05, 3.63) is 177 Å². The van der Waals surface area contributed by atoms with E-state index >= 15 is 0 Å². The summed E-state index contributed by atoms with van der Waals surface area (Å²) < 4.78 is 27.6. The van der Waals surface area contributed by atoms with Gasteiger partial charge in [0.15, 0.2) is 23.1 Å². The quantitative estimate of drug-likeness (QED) is 0.0295. The fourth-order valence-electron chi connectivity index (χ4n) is 18.8. The molecule has 2 bridgehead atoms. The first kappa shape index (κ1) is 81.7. The summed E-state index contributed by atoms with van der Waals surface area (Å²) in [6.45, 7) is 28.3. The van der Waals surface area contributed by atoms with Gasteiger partial charge >= 0.3 is 0 Å². The number of nitrogens with zero attached hydrogens (tertiary/aromatic N) is 8. The molecule has 5 aliphatic heterocycles. The topological polar surface area (TPSA) is 129 Å². The van der Waals surface area contributed by atoms with Gasteiger partial charge in [0.05, 0.1) is 19.3 Å². The van der Waals surface area contributed by atoms with Crippen LogP contribution in [0.1, 0.15) is 229 Å². The van der Waals surface area contributed by atoms with Crippen LogP contribution in [0, 0.1) is 11.8 Å². The Labute approximate surface area is 669 Å². The Morgan fingerprint density at radius 3 is 1.45 bits per heavy atom. The van der Waals surface area contributed by atoms with E-state index in [1.54, 1.807) is 46.0 Å². The minimum absolute atomic E-state index is 0.126. The van der Waals surface area contributed by atoms with Crippen molar-refractivity contribution in [3.63, 3.8) is 0 Å². The molecule has 0 spiro atoms. The maximum atomic E-state index is 12.0. The van der Waals surface area contributed by atoms with Crippen LogP contribution in [0.5, 0.6) is 5.75 Å². The number of carbonyl (C=O) groups is 4. The number of hydrogen-bond acceptors (Lipinski definition) is 11. The van der Waals surface area contributed by atoms with Crippen molar-refractivity contribution in [2.24, 2.45) is 11.8 Å². The third-order valence-corrected chi connectivity index (χ3v) is 25.6. The number of rotatable bonds is 32. The van der Waals surface area contributed by atoms with Crippen LogP contribution >= 0.6 is 15.9 Å². The molecule has 5 fully saturated rings. The van der Waals surface area contributed by atoms with Crippen LogP contribution < -0.4 is 4.74 Å². The van der Waals surface area contributed by atoms with Gasteiger partial charge in [-0.2, -0.15) is 0 Å². The number of ether oxygens (including phenoxy) is 3. The van der Waals surface area contributed by atoms with E-state index in [0.717, 1.165) is 232 Å². The Morgan fingerprint density at radius 1 is 0.450 bits per heavy atom. The molecule has 111 heavy (non-hydrogen) atoms. The number of ketones is 4. The number of benzene rings is 5. The molecule has 4 aromatic heterocycles. The predicted octanol–water partition coefficient (Wildman–Crippen LogP) is 20.4. The standard InChI is InChI=1S/C26H28N2O2.C24H32N2O2.C24H36N2O.C21H29BrN2O2/c1-18(29)25-17-28(26-7-4-3-6-23(25)26)12-5-11-27-13-10-22-20(16-27)14-19-8-9-21(30-2)15-24(19)22;1-17(27)23-15-25(24-6-3-2-5-22(23)24)11-4-12-26-19-9-10-20(26)14-21(13-19)28-16-18-7-8-18;1-3-4-5-6-10-21-13-17-25(18-14-21)15-9-16-26-19-23(20(2)27)22-11-7-8-12-24(22)26;1-3-13-26-18-7-11-23(12-8-18)9-4-10-24-15-20(16(2)25)19-14-17(22)5-6-21(19)24/h3-4,6-9,15,17H,5,10-14,16H2,1-2H3;2-3,5-6,15,18-21H,4,7-14,16H2,1H3;7-8,11-12,19,21H,3-6,9-10,13-18H2,1-2H3;5-6,14-15,18H,3-4,7-13H2,1-2H3. The summed E-state index contributed by atoms with van der Waals surface area (Å²) in [7, 11) is 1.74. The minimum Gasteiger partial charge on any atom is -0.497 e. The van der Waals surface area contributed by atoms with Gasteiger partial charge in [0.1, 0.15) is 5.75 Å². The van der Waals surface area contributed by atoms with Crippen molar-refractivity contribution >= 4 is 88.2 Å². The highest BCUT2D eigenvalue weighted by molar-refractivity contribution is 9.10. The Morgan fingerprint density at radius 2 is 0.946 bits per heavy atom. The van der Waals surface area contributed by atoms with Crippen molar-refractivity contribution in [3.8, 4) is 5.75 Å². The van der Waals surface area contributed by atoms with Crippen LogP contribution in [-0.4, -0.2) is 171 Å². The molecule has 2 atom stereocenters. The van der Waals surface area contributed by atoms with E-state index in [1.807, 2.05) is 54.9 Å². The van der Waals surface area contributed by atoms with Crippen molar-refractivity contribution < 1.29 is 33.4 Å². The molecule has 0 radical (unpaired) electrons. The van der Waals surface area contributed by atoms with E-state index < -0.39 is 0 Å². The van der Waals surface area contributed by atoms with Gasteiger partial charge in [0.25, 0.3) is 0 Å². The summed E-state index contributed by atoms with van der Waals surface area (Å²) in [6, 6.07) is 38.9. The molecular formula is C95H125BrN8O7. The number of aromatic nitrogens is 4. The third-order valence-electron chi connectivity index (χ3n) is 25.1. The van der Waals surface area contributed by atoms with Crippen molar-refractivity contribution in [2.45, 2.75) is 233 Å². The second-order valence-electron chi connectivity index (χ2n) is 33.1. The molecule has 1 saturated carbocycles. The van der Waals surface area contributed by atoms with Crippen LogP contribution in [0.25, 0.3) is 49.2 Å². The summed E-state index contributed by atoms with van der Waals surface area (Å²) >= 11 is 3.51. The smallest absolute Gasteiger partial charge is 0.161 e. The molecule has 594 valence electrons. The number of methoxy groups -OCH3 is 1. The van der Waals surface area contributed by atoms with E-state index in [0.29, 0.717) is 12.2 Å². The average molecular weight is 1570 g/mol. The lowest BCUT2D eigenvalue weighted by atomic mass is 9.91. The lowest BCUT2D eigenvalue weighted by molar-refractivity contribution is -0.0241. The molecule has 16 heteroatoms.